The molecule has 0 unspecified atom stereocenters. The van der Waals surface area contributed by atoms with E-state index in [-0.39, 0.29) is 37.4 Å². The standard InChI is InChI=1S/C28H34N2O5/c1-3-28(4-2,26(33)30-15-9-10-19(30)16-25(31)32)18-29-27(34)35-17-24-22-13-7-5-11-20(22)21-12-6-8-14-23(21)24/h5-8,11-14,19,24H,3-4,9-10,15-18H2,1-2H3,(H,29,34)(H,31,32)/t19-/m1/s1. The van der Waals surface area contributed by atoms with E-state index in [4.69, 9.17) is 4.74 Å². The molecule has 35 heavy (non-hydrogen) atoms. The molecular weight excluding hydrogens is 444 g/mol. The second-order valence-electron chi connectivity index (χ2n) is 9.56. The number of likely N-dealkylation sites (tertiary alicyclic amines) is 1. The highest BCUT2D eigenvalue weighted by molar-refractivity contribution is 5.85. The molecule has 1 fully saturated rings. The SMILES string of the molecule is CCC(CC)(CNC(=O)OCC1c2ccccc2-c2ccccc21)C(=O)N1CCC[C@@H]1CC(=O)O. The van der Waals surface area contributed by atoms with Gasteiger partial charge in [-0.15, -0.1) is 0 Å². The topological polar surface area (TPSA) is 95.9 Å². The van der Waals surface area contributed by atoms with Crippen molar-refractivity contribution in [3.05, 3.63) is 59.7 Å². The number of hydrogen-bond donors (Lipinski definition) is 2. The normalized spacial score (nSPS) is 17.1. The van der Waals surface area contributed by atoms with E-state index in [9.17, 15) is 19.5 Å². The fourth-order valence-electron chi connectivity index (χ4n) is 5.59. The first-order chi connectivity index (χ1) is 16.9. The van der Waals surface area contributed by atoms with Gasteiger partial charge in [-0.3, -0.25) is 9.59 Å². The van der Waals surface area contributed by atoms with Crippen molar-refractivity contribution in [2.45, 2.75) is 57.9 Å². The van der Waals surface area contributed by atoms with E-state index in [1.54, 1.807) is 4.90 Å². The Bertz CT molecular complexity index is 1050. The minimum atomic E-state index is -0.898. The van der Waals surface area contributed by atoms with Crippen molar-refractivity contribution < 1.29 is 24.2 Å². The molecule has 0 radical (unpaired) electrons. The van der Waals surface area contributed by atoms with E-state index in [0.717, 1.165) is 17.5 Å². The molecule has 2 aromatic rings. The molecule has 0 saturated carbocycles. The number of amides is 2. The van der Waals surface area contributed by atoms with Gasteiger partial charge in [-0.25, -0.2) is 4.79 Å². The molecule has 2 amide bonds. The number of ether oxygens (including phenoxy) is 1. The van der Waals surface area contributed by atoms with Crippen LogP contribution in [0, 0.1) is 5.41 Å². The summed E-state index contributed by atoms with van der Waals surface area (Å²) in [6.45, 7) is 4.80. The maximum Gasteiger partial charge on any atom is 0.407 e. The average Bonchev–Trinajstić information content (AvgIpc) is 3.45. The molecule has 1 heterocycles. The molecular formula is C28H34N2O5. The number of aliphatic carboxylic acids is 1. The molecule has 2 N–H and O–H groups in total. The van der Waals surface area contributed by atoms with Crippen LogP contribution in [-0.4, -0.2) is 53.7 Å². The lowest BCUT2D eigenvalue weighted by Gasteiger charge is -2.36. The zero-order valence-electron chi connectivity index (χ0n) is 20.5. The number of carboxylic acids is 1. The van der Waals surface area contributed by atoms with Gasteiger partial charge in [0.2, 0.25) is 5.91 Å². The van der Waals surface area contributed by atoms with Crippen molar-refractivity contribution in [1.82, 2.24) is 10.2 Å². The minimum Gasteiger partial charge on any atom is -0.481 e. The number of carboxylic acid groups (broad SMARTS) is 1. The van der Waals surface area contributed by atoms with Crippen molar-refractivity contribution in [1.29, 1.82) is 0 Å². The first kappa shape index (κ1) is 24.8. The number of benzene rings is 2. The second kappa shape index (κ2) is 10.5. The number of fused-ring (bicyclic) bond motifs is 3. The molecule has 1 saturated heterocycles. The molecule has 4 rings (SSSR count). The minimum absolute atomic E-state index is 0.0294. The van der Waals surface area contributed by atoms with Crippen molar-refractivity contribution >= 4 is 18.0 Å². The maximum atomic E-state index is 13.5. The zero-order chi connectivity index (χ0) is 25.0. The fraction of sp³-hybridized carbons (Fsp3) is 0.464. The Hall–Kier alpha value is -3.35. The van der Waals surface area contributed by atoms with Gasteiger partial charge < -0.3 is 20.1 Å². The van der Waals surface area contributed by atoms with Crippen LogP contribution in [0.4, 0.5) is 4.79 Å². The van der Waals surface area contributed by atoms with Crippen molar-refractivity contribution in [2.75, 3.05) is 19.7 Å². The highest BCUT2D eigenvalue weighted by atomic mass is 16.5. The van der Waals surface area contributed by atoms with Crippen LogP contribution < -0.4 is 5.32 Å². The van der Waals surface area contributed by atoms with E-state index in [1.807, 2.05) is 38.1 Å². The summed E-state index contributed by atoms with van der Waals surface area (Å²) in [4.78, 5) is 39.2. The third-order valence-electron chi connectivity index (χ3n) is 7.77. The lowest BCUT2D eigenvalue weighted by Crippen LogP contribution is -2.51. The number of carbonyl (C=O) groups excluding carboxylic acids is 2. The number of rotatable bonds is 9. The number of nitrogens with zero attached hydrogens (tertiary/aromatic N) is 1. The Morgan fingerprint density at radius 3 is 2.20 bits per heavy atom. The Morgan fingerprint density at radius 1 is 1.03 bits per heavy atom. The van der Waals surface area contributed by atoms with Crippen molar-refractivity contribution in [3.8, 4) is 11.1 Å². The van der Waals surface area contributed by atoms with Gasteiger partial charge in [-0.1, -0.05) is 62.4 Å². The highest BCUT2D eigenvalue weighted by Crippen LogP contribution is 2.44. The molecule has 2 aromatic carbocycles. The fourth-order valence-corrected chi connectivity index (χ4v) is 5.59. The van der Waals surface area contributed by atoms with E-state index in [1.165, 1.54) is 11.1 Å². The first-order valence-corrected chi connectivity index (χ1v) is 12.5. The monoisotopic (exact) mass is 478 g/mol. The Balaban J connectivity index is 1.40. The summed E-state index contributed by atoms with van der Waals surface area (Å²) in [5.74, 6) is -1.01. The molecule has 2 aliphatic rings. The molecule has 1 atom stereocenters. The second-order valence-corrected chi connectivity index (χ2v) is 9.56. The molecule has 0 spiro atoms. The molecule has 0 bridgehead atoms. The van der Waals surface area contributed by atoms with Crippen LogP contribution in [0.1, 0.15) is 63.0 Å². The lowest BCUT2D eigenvalue weighted by atomic mass is 9.80. The molecule has 1 aliphatic carbocycles. The summed E-state index contributed by atoms with van der Waals surface area (Å²) in [7, 11) is 0. The Labute approximate surface area is 206 Å². The lowest BCUT2D eigenvalue weighted by molar-refractivity contribution is -0.145. The van der Waals surface area contributed by atoms with Gasteiger partial charge in [-0.05, 0) is 47.9 Å². The van der Waals surface area contributed by atoms with E-state index < -0.39 is 17.5 Å². The van der Waals surface area contributed by atoms with Gasteiger partial charge in [0, 0.05) is 25.0 Å². The summed E-state index contributed by atoms with van der Waals surface area (Å²) in [5.41, 5.74) is 3.84. The van der Waals surface area contributed by atoms with Crippen LogP contribution in [0.3, 0.4) is 0 Å². The van der Waals surface area contributed by atoms with Gasteiger partial charge in [0.25, 0.3) is 0 Å². The molecule has 7 heteroatoms. The van der Waals surface area contributed by atoms with Crippen LogP contribution in [-0.2, 0) is 14.3 Å². The number of hydrogen-bond acceptors (Lipinski definition) is 4. The number of nitrogens with one attached hydrogen (secondary N) is 1. The third-order valence-corrected chi connectivity index (χ3v) is 7.77. The van der Waals surface area contributed by atoms with E-state index in [0.29, 0.717) is 25.8 Å². The van der Waals surface area contributed by atoms with Gasteiger partial charge in [0.1, 0.15) is 6.61 Å². The smallest absolute Gasteiger partial charge is 0.407 e. The van der Waals surface area contributed by atoms with Gasteiger partial charge in [0.15, 0.2) is 0 Å². The van der Waals surface area contributed by atoms with Crippen molar-refractivity contribution in [3.63, 3.8) is 0 Å². The van der Waals surface area contributed by atoms with Gasteiger partial charge >= 0.3 is 12.1 Å². The quantitative estimate of drug-likeness (QED) is 0.540. The Kier molecular flexibility index (Phi) is 7.43. The summed E-state index contributed by atoms with van der Waals surface area (Å²) in [6.07, 6.45) is 1.99. The molecule has 186 valence electrons. The average molecular weight is 479 g/mol. The van der Waals surface area contributed by atoms with Crippen LogP contribution in [0.15, 0.2) is 48.5 Å². The van der Waals surface area contributed by atoms with Gasteiger partial charge in [-0.2, -0.15) is 0 Å². The third kappa shape index (κ3) is 4.90. The number of carbonyl (C=O) groups is 3. The van der Waals surface area contributed by atoms with E-state index in [2.05, 4.69) is 29.6 Å². The summed E-state index contributed by atoms with van der Waals surface area (Å²) >= 11 is 0. The maximum absolute atomic E-state index is 13.5. The summed E-state index contributed by atoms with van der Waals surface area (Å²) in [6, 6.07) is 16.1. The highest BCUT2D eigenvalue weighted by Gasteiger charge is 2.42. The van der Waals surface area contributed by atoms with Crippen LogP contribution in [0.25, 0.3) is 11.1 Å². The first-order valence-electron chi connectivity index (χ1n) is 12.5. The predicted octanol–water partition coefficient (Wildman–Crippen LogP) is 4.80. The Morgan fingerprint density at radius 2 is 1.63 bits per heavy atom. The largest absolute Gasteiger partial charge is 0.481 e. The van der Waals surface area contributed by atoms with Crippen molar-refractivity contribution in [2.24, 2.45) is 5.41 Å². The summed E-state index contributed by atoms with van der Waals surface area (Å²) in [5, 5.41) is 12.1. The number of alkyl carbamates (subject to hydrolysis) is 1. The molecule has 7 nitrogen and oxygen atoms in total. The van der Waals surface area contributed by atoms with Crippen LogP contribution >= 0.6 is 0 Å². The summed E-state index contributed by atoms with van der Waals surface area (Å²) < 4.78 is 5.65. The predicted molar refractivity (Wildman–Crippen MR) is 133 cm³/mol. The molecule has 0 aromatic heterocycles. The van der Waals surface area contributed by atoms with Crippen LogP contribution in [0.5, 0.6) is 0 Å². The van der Waals surface area contributed by atoms with Crippen LogP contribution in [0.2, 0.25) is 0 Å². The van der Waals surface area contributed by atoms with Gasteiger partial charge in [0.05, 0.1) is 11.8 Å². The van der Waals surface area contributed by atoms with E-state index >= 15 is 0 Å². The zero-order valence-corrected chi connectivity index (χ0v) is 20.5. The molecule has 1 aliphatic heterocycles.